The van der Waals surface area contributed by atoms with Gasteiger partial charge in [0.25, 0.3) is 0 Å². The lowest BCUT2D eigenvalue weighted by Crippen LogP contribution is -2.10. The third-order valence-electron chi connectivity index (χ3n) is 3.34. The molecule has 4 nitrogen and oxygen atoms in total. The molecule has 0 aliphatic heterocycles. The van der Waals surface area contributed by atoms with Crippen molar-refractivity contribution in [2.24, 2.45) is 0 Å². The van der Waals surface area contributed by atoms with Crippen LogP contribution in [-0.2, 0) is 11.3 Å². The molecule has 0 heterocycles. The minimum Gasteiger partial charge on any atom is -0.385 e. The number of nitrogens with one attached hydrogen (secondary N) is 2. The molecule has 0 aliphatic rings. The van der Waals surface area contributed by atoms with Crippen LogP contribution in [0.5, 0.6) is 5.75 Å². The van der Waals surface area contributed by atoms with Gasteiger partial charge in [0.1, 0.15) is 5.75 Å². The molecule has 24 heavy (non-hydrogen) atoms. The molecule has 1 unspecified atom stereocenters. The second-order valence-corrected chi connectivity index (χ2v) is 6.14. The maximum absolute atomic E-state index is 12.0. The Kier molecular flexibility index (Phi) is 5.13. The third-order valence-corrected chi connectivity index (χ3v) is 4.09. The van der Waals surface area contributed by atoms with Crippen LogP contribution in [0, 0.1) is 6.92 Å². The van der Waals surface area contributed by atoms with Gasteiger partial charge in [0.05, 0.1) is 0 Å². The molecule has 0 fully saturated rings. The van der Waals surface area contributed by atoms with E-state index < -0.39 is 11.3 Å². The standard InChI is InChI=1S/C19H18N2O2S/c1-15-7-13-19(14-8-15)23-24(22)21-18-11-9-17(10-12-18)20-16-5-3-2-4-6-16/h2-14,20-21H,1H3. The molecule has 3 aromatic rings. The van der Waals surface area contributed by atoms with E-state index in [1.54, 1.807) is 12.1 Å². The summed E-state index contributed by atoms with van der Waals surface area (Å²) in [6, 6.07) is 24.9. The van der Waals surface area contributed by atoms with Crippen LogP contribution in [0.4, 0.5) is 17.1 Å². The van der Waals surface area contributed by atoms with Gasteiger partial charge in [0.15, 0.2) is 0 Å². The Morgan fingerprint density at radius 3 is 2.00 bits per heavy atom. The van der Waals surface area contributed by atoms with Crippen LogP contribution in [0.2, 0.25) is 0 Å². The number of hydrogen-bond acceptors (Lipinski definition) is 3. The molecule has 0 aliphatic carbocycles. The average Bonchev–Trinajstić information content (AvgIpc) is 2.60. The van der Waals surface area contributed by atoms with Crippen molar-refractivity contribution in [3.63, 3.8) is 0 Å². The Morgan fingerprint density at radius 1 is 0.750 bits per heavy atom. The van der Waals surface area contributed by atoms with Crippen LogP contribution in [0.1, 0.15) is 5.56 Å². The summed E-state index contributed by atoms with van der Waals surface area (Å²) in [5, 5.41) is 3.29. The van der Waals surface area contributed by atoms with E-state index in [9.17, 15) is 4.21 Å². The van der Waals surface area contributed by atoms with Gasteiger partial charge < -0.3 is 9.50 Å². The first-order valence-electron chi connectivity index (χ1n) is 7.54. The Balaban J connectivity index is 1.57. The van der Waals surface area contributed by atoms with Crippen molar-refractivity contribution in [3.8, 4) is 5.75 Å². The maximum Gasteiger partial charge on any atom is 0.316 e. The van der Waals surface area contributed by atoms with Crippen molar-refractivity contribution >= 4 is 28.3 Å². The zero-order valence-electron chi connectivity index (χ0n) is 13.2. The van der Waals surface area contributed by atoms with Gasteiger partial charge in [0, 0.05) is 17.1 Å². The van der Waals surface area contributed by atoms with Crippen molar-refractivity contribution in [3.05, 3.63) is 84.4 Å². The zero-order chi connectivity index (χ0) is 16.8. The highest BCUT2D eigenvalue weighted by molar-refractivity contribution is 7.81. The molecule has 0 saturated carbocycles. The topological polar surface area (TPSA) is 50.4 Å². The Bertz CT molecular complexity index is 803. The van der Waals surface area contributed by atoms with Crippen LogP contribution < -0.4 is 14.2 Å². The van der Waals surface area contributed by atoms with E-state index in [1.165, 1.54) is 0 Å². The molecule has 0 spiro atoms. The summed E-state index contributed by atoms with van der Waals surface area (Å²) in [6.45, 7) is 1.99. The van der Waals surface area contributed by atoms with Gasteiger partial charge in [-0.05, 0) is 55.5 Å². The summed E-state index contributed by atoms with van der Waals surface area (Å²) in [6.07, 6.45) is 0. The minimum atomic E-state index is -1.64. The highest BCUT2D eigenvalue weighted by atomic mass is 32.2. The van der Waals surface area contributed by atoms with E-state index in [1.807, 2.05) is 73.7 Å². The summed E-state index contributed by atoms with van der Waals surface area (Å²) >= 11 is -1.64. The van der Waals surface area contributed by atoms with Gasteiger partial charge in [0.2, 0.25) is 0 Å². The van der Waals surface area contributed by atoms with Gasteiger partial charge in [-0.15, -0.1) is 0 Å². The van der Waals surface area contributed by atoms with Crippen molar-refractivity contribution < 1.29 is 8.39 Å². The molecular formula is C19H18N2O2S. The Labute approximate surface area is 144 Å². The first-order chi connectivity index (χ1) is 11.7. The number of rotatable bonds is 6. The predicted octanol–water partition coefficient (Wildman–Crippen LogP) is 4.81. The van der Waals surface area contributed by atoms with E-state index in [0.29, 0.717) is 5.75 Å². The number of hydrogen-bond donors (Lipinski definition) is 2. The van der Waals surface area contributed by atoms with E-state index in [0.717, 1.165) is 22.6 Å². The number of aryl methyl sites for hydroxylation is 1. The molecule has 122 valence electrons. The van der Waals surface area contributed by atoms with Crippen LogP contribution >= 0.6 is 0 Å². The Morgan fingerprint density at radius 2 is 1.33 bits per heavy atom. The summed E-state index contributed by atoms with van der Waals surface area (Å²) < 4.78 is 20.2. The molecule has 2 N–H and O–H groups in total. The van der Waals surface area contributed by atoms with Crippen LogP contribution in [0.15, 0.2) is 78.9 Å². The van der Waals surface area contributed by atoms with Crippen molar-refractivity contribution in [1.82, 2.24) is 0 Å². The predicted molar refractivity (Wildman–Crippen MR) is 99.7 cm³/mol. The normalized spacial score (nSPS) is 11.5. The van der Waals surface area contributed by atoms with Crippen LogP contribution in [0.25, 0.3) is 0 Å². The molecule has 0 radical (unpaired) electrons. The third kappa shape index (κ3) is 4.60. The SMILES string of the molecule is Cc1ccc(OS(=O)Nc2ccc(Nc3ccccc3)cc2)cc1. The monoisotopic (exact) mass is 338 g/mol. The molecular weight excluding hydrogens is 320 g/mol. The number of para-hydroxylation sites is 1. The van der Waals surface area contributed by atoms with Gasteiger partial charge in [-0.2, -0.15) is 4.21 Å². The summed E-state index contributed by atoms with van der Waals surface area (Å²) in [4.78, 5) is 0. The second kappa shape index (κ2) is 7.66. The highest BCUT2D eigenvalue weighted by Gasteiger charge is 2.03. The molecule has 0 bridgehead atoms. The van der Waals surface area contributed by atoms with Gasteiger partial charge in [-0.3, -0.25) is 4.72 Å². The first kappa shape index (κ1) is 16.1. The minimum absolute atomic E-state index is 0.564. The fourth-order valence-corrected chi connectivity index (χ4v) is 2.76. The van der Waals surface area contributed by atoms with Gasteiger partial charge in [-0.25, -0.2) is 0 Å². The van der Waals surface area contributed by atoms with E-state index in [2.05, 4.69) is 10.0 Å². The molecule has 3 aromatic carbocycles. The quantitative estimate of drug-likeness (QED) is 0.678. The lowest BCUT2D eigenvalue weighted by Gasteiger charge is -2.09. The largest absolute Gasteiger partial charge is 0.385 e. The van der Waals surface area contributed by atoms with Crippen molar-refractivity contribution in [2.45, 2.75) is 6.92 Å². The van der Waals surface area contributed by atoms with E-state index >= 15 is 0 Å². The van der Waals surface area contributed by atoms with Gasteiger partial charge in [-0.1, -0.05) is 35.9 Å². The van der Waals surface area contributed by atoms with Crippen LogP contribution in [-0.4, -0.2) is 4.21 Å². The smallest absolute Gasteiger partial charge is 0.316 e. The molecule has 0 aromatic heterocycles. The van der Waals surface area contributed by atoms with Gasteiger partial charge >= 0.3 is 11.3 Å². The summed E-state index contributed by atoms with van der Waals surface area (Å²) in [5.41, 5.74) is 3.82. The van der Waals surface area contributed by atoms with E-state index in [4.69, 9.17) is 4.18 Å². The molecule has 0 amide bonds. The average molecular weight is 338 g/mol. The lowest BCUT2D eigenvalue weighted by molar-refractivity contribution is 0.567. The molecule has 0 saturated heterocycles. The highest BCUT2D eigenvalue weighted by Crippen LogP contribution is 2.19. The van der Waals surface area contributed by atoms with Crippen LogP contribution in [0.3, 0.4) is 0 Å². The summed E-state index contributed by atoms with van der Waals surface area (Å²) in [5.74, 6) is 0.564. The van der Waals surface area contributed by atoms with Crippen molar-refractivity contribution in [2.75, 3.05) is 10.0 Å². The second-order valence-electron chi connectivity index (χ2n) is 5.30. The first-order valence-corrected chi connectivity index (χ1v) is 8.62. The fourth-order valence-electron chi connectivity index (χ4n) is 2.11. The molecule has 5 heteroatoms. The molecule has 1 atom stereocenters. The Hall–Kier alpha value is -2.79. The lowest BCUT2D eigenvalue weighted by atomic mass is 10.2. The molecule has 3 rings (SSSR count). The fraction of sp³-hybridized carbons (Fsp3) is 0.0526. The maximum atomic E-state index is 12.0. The summed E-state index contributed by atoms with van der Waals surface area (Å²) in [7, 11) is 0. The number of anilines is 3. The zero-order valence-corrected chi connectivity index (χ0v) is 14.0. The van der Waals surface area contributed by atoms with Crippen molar-refractivity contribution in [1.29, 1.82) is 0 Å². The number of benzene rings is 3. The van der Waals surface area contributed by atoms with E-state index in [-0.39, 0.29) is 0 Å².